The van der Waals surface area contributed by atoms with Crippen LogP contribution in [0.15, 0.2) is 12.4 Å². The first-order valence-electron chi connectivity index (χ1n) is 5.37. The first-order valence-corrected chi connectivity index (χ1v) is 5.37. The van der Waals surface area contributed by atoms with Gasteiger partial charge in [-0.1, -0.05) is 0 Å². The third-order valence-electron chi connectivity index (χ3n) is 2.04. The van der Waals surface area contributed by atoms with Gasteiger partial charge in [0.15, 0.2) is 0 Å². The molecule has 4 heteroatoms. The zero-order valence-corrected chi connectivity index (χ0v) is 9.86. The Labute approximate surface area is 91.4 Å². The molecule has 2 N–H and O–H groups in total. The van der Waals surface area contributed by atoms with E-state index in [-0.39, 0.29) is 5.60 Å². The van der Waals surface area contributed by atoms with Crippen molar-refractivity contribution in [2.24, 2.45) is 5.73 Å². The van der Waals surface area contributed by atoms with Crippen molar-refractivity contribution in [3.8, 4) is 0 Å². The second-order valence-electron chi connectivity index (χ2n) is 4.54. The number of nitrogens with zero attached hydrogens (tertiary/aromatic N) is 2. The SMILES string of the molecule is CC(C)(C)OCCn1ccnc1CCN. The molecule has 0 radical (unpaired) electrons. The van der Waals surface area contributed by atoms with E-state index in [1.165, 1.54) is 0 Å². The third kappa shape index (κ3) is 4.44. The predicted molar refractivity (Wildman–Crippen MR) is 60.7 cm³/mol. The van der Waals surface area contributed by atoms with Crippen LogP contribution in [0.4, 0.5) is 0 Å². The summed E-state index contributed by atoms with van der Waals surface area (Å²) in [5, 5.41) is 0. The highest BCUT2D eigenvalue weighted by Gasteiger charge is 2.09. The lowest BCUT2D eigenvalue weighted by Crippen LogP contribution is -2.22. The maximum absolute atomic E-state index is 5.66. The summed E-state index contributed by atoms with van der Waals surface area (Å²) in [6.45, 7) is 8.35. The molecule has 1 aromatic rings. The predicted octanol–water partition coefficient (Wildman–Crippen LogP) is 1.20. The van der Waals surface area contributed by atoms with Gasteiger partial charge >= 0.3 is 0 Å². The number of nitrogens with two attached hydrogens (primary N) is 1. The van der Waals surface area contributed by atoms with E-state index in [2.05, 4.69) is 30.3 Å². The van der Waals surface area contributed by atoms with Crippen molar-refractivity contribution in [3.05, 3.63) is 18.2 Å². The van der Waals surface area contributed by atoms with Gasteiger partial charge in [0.2, 0.25) is 0 Å². The van der Waals surface area contributed by atoms with Crippen molar-refractivity contribution < 1.29 is 4.74 Å². The molecule has 0 amide bonds. The molecule has 1 rings (SSSR count). The molecule has 15 heavy (non-hydrogen) atoms. The molecule has 0 aromatic carbocycles. The molecule has 0 aliphatic rings. The number of aromatic nitrogens is 2. The van der Waals surface area contributed by atoms with Gasteiger partial charge in [-0.05, 0) is 27.3 Å². The van der Waals surface area contributed by atoms with Crippen molar-refractivity contribution in [1.82, 2.24) is 9.55 Å². The third-order valence-corrected chi connectivity index (χ3v) is 2.04. The smallest absolute Gasteiger partial charge is 0.109 e. The lowest BCUT2D eigenvalue weighted by Gasteiger charge is -2.20. The minimum absolute atomic E-state index is 0.0748. The van der Waals surface area contributed by atoms with Gasteiger partial charge < -0.3 is 15.0 Å². The van der Waals surface area contributed by atoms with Gasteiger partial charge in [0.05, 0.1) is 12.2 Å². The standard InChI is InChI=1S/C11H21N3O/c1-11(2,3)15-9-8-14-7-6-13-10(14)4-5-12/h6-7H,4-5,8-9,12H2,1-3H3. The lowest BCUT2D eigenvalue weighted by atomic mass is 10.2. The van der Waals surface area contributed by atoms with E-state index < -0.39 is 0 Å². The largest absolute Gasteiger partial charge is 0.374 e. The Balaban J connectivity index is 2.40. The molecule has 0 saturated carbocycles. The van der Waals surface area contributed by atoms with Gasteiger partial charge in [-0.15, -0.1) is 0 Å². The highest BCUT2D eigenvalue weighted by molar-refractivity contribution is 4.92. The number of imidazole rings is 1. The first kappa shape index (κ1) is 12.2. The van der Waals surface area contributed by atoms with Crippen LogP contribution >= 0.6 is 0 Å². The Morgan fingerprint density at radius 1 is 1.47 bits per heavy atom. The van der Waals surface area contributed by atoms with Crippen LogP contribution in [0.25, 0.3) is 0 Å². The lowest BCUT2D eigenvalue weighted by molar-refractivity contribution is -0.00706. The van der Waals surface area contributed by atoms with Crippen molar-refractivity contribution >= 4 is 0 Å². The normalized spacial score (nSPS) is 12.0. The van der Waals surface area contributed by atoms with Gasteiger partial charge in [-0.3, -0.25) is 0 Å². The quantitative estimate of drug-likeness (QED) is 0.796. The van der Waals surface area contributed by atoms with E-state index in [1.807, 2.05) is 12.4 Å². The van der Waals surface area contributed by atoms with Crippen molar-refractivity contribution in [1.29, 1.82) is 0 Å². The summed E-state index contributed by atoms with van der Waals surface area (Å²) in [6.07, 6.45) is 4.60. The van der Waals surface area contributed by atoms with Gasteiger partial charge in [0.1, 0.15) is 5.82 Å². The van der Waals surface area contributed by atoms with Crippen molar-refractivity contribution in [3.63, 3.8) is 0 Å². The summed E-state index contributed by atoms with van der Waals surface area (Å²) >= 11 is 0. The molecule has 0 aliphatic carbocycles. The fourth-order valence-electron chi connectivity index (χ4n) is 1.35. The molecule has 0 unspecified atom stereocenters. The minimum atomic E-state index is -0.0748. The Bertz CT molecular complexity index is 288. The second-order valence-corrected chi connectivity index (χ2v) is 4.54. The number of ether oxygens (including phenoxy) is 1. The number of hydrogen-bond acceptors (Lipinski definition) is 3. The summed E-state index contributed by atoms with van der Waals surface area (Å²) in [5.74, 6) is 1.04. The zero-order valence-electron chi connectivity index (χ0n) is 9.86. The fourth-order valence-corrected chi connectivity index (χ4v) is 1.35. The number of hydrogen-bond donors (Lipinski definition) is 1. The maximum Gasteiger partial charge on any atom is 0.109 e. The van der Waals surface area contributed by atoms with Gasteiger partial charge in [-0.2, -0.15) is 0 Å². The first-order chi connectivity index (χ1) is 7.03. The Kier molecular flexibility index (Phi) is 4.29. The minimum Gasteiger partial charge on any atom is -0.374 e. The average Bonchev–Trinajstić information content (AvgIpc) is 2.51. The number of rotatable bonds is 5. The molecule has 0 fully saturated rings. The van der Waals surface area contributed by atoms with Crippen LogP contribution < -0.4 is 5.73 Å². The average molecular weight is 211 g/mol. The van der Waals surface area contributed by atoms with E-state index >= 15 is 0 Å². The molecule has 0 spiro atoms. The van der Waals surface area contributed by atoms with E-state index in [9.17, 15) is 0 Å². The van der Waals surface area contributed by atoms with Gasteiger partial charge in [0.25, 0.3) is 0 Å². The van der Waals surface area contributed by atoms with Crippen LogP contribution in [-0.4, -0.2) is 28.3 Å². The summed E-state index contributed by atoms with van der Waals surface area (Å²) in [7, 11) is 0. The second kappa shape index (κ2) is 5.28. The van der Waals surface area contributed by atoms with Crippen LogP contribution in [0.2, 0.25) is 0 Å². The van der Waals surface area contributed by atoms with Gasteiger partial charge in [-0.25, -0.2) is 4.98 Å². The molecule has 0 saturated heterocycles. The summed E-state index contributed by atoms with van der Waals surface area (Å²) < 4.78 is 7.75. The van der Waals surface area contributed by atoms with E-state index in [4.69, 9.17) is 10.5 Å². The summed E-state index contributed by atoms with van der Waals surface area (Å²) in [6, 6.07) is 0. The Hall–Kier alpha value is -0.870. The van der Waals surface area contributed by atoms with Crippen LogP contribution in [0, 0.1) is 0 Å². The molecule has 1 aromatic heterocycles. The molecule has 0 aliphatic heterocycles. The summed E-state index contributed by atoms with van der Waals surface area (Å²) in [4.78, 5) is 4.25. The van der Waals surface area contributed by atoms with Crippen LogP contribution in [0.1, 0.15) is 26.6 Å². The Morgan fingerprint density at radius 2 is 2.20 bits per heavy atom. The monoisotopic (exact) mass is 211 g/mol. The fraction of sp³-hybridized carbons (Fsp3) is 0.727. The highest BCUT2D eigenvalue weighted by atomic mass is 16.5. The van der Waals surface area contributed by atoms with Crippen LogP contribution in [0.5, 0.6) is 0 Å². The molecule has 0 atom stereocenters. The highest BCUT2D eigenvalue weighted by Crippen LogP contribution is 2.07. The molecular formula is C11H21N3O. The summed E-state index contributed by atoms with van der Waals surface area (Å²) in [5.41, 5.74) is 5.43. The topological polar surface area (TPSA) is 53.1 Å². The van der Waals surface area contributed by atoms with E-state index in [0.29, 0.717) is 13.2 Å². The molecule has 86 valence electrons. The van der Waals surface area contributed by atoms with Crippen LogP contribution in [-0.2, 0) is 17.7 Å². The van der Waals surface area contributed by atoms with Crippen molar-refractivity contribution in [2.75, 3.05) is 13.2 Å². The van der Waals surface area contributed by atoms with Crippen LogP contribution in [0.3, 0.4) is 0 Å². The molecule has 1 heterocycles. The zero-order chi connectivity index (χ0) is 11.3. The van der Waals surface area contributed by atoms with E-state index in [0.717, 1.165) is 18.8 Å². The maximum atomic E-state index is 5.66. The molecular weight excluding hydrogens is 190 g/mol. The molecule has 4 nitrogen and oxygen atoms in total. The van der Waals surface area contributed by atoms with Crippen molar-refractivity contribution in [2.45, 2.75) is 39.3 Å². The Morgan fingerprint density at radius 3 is 2.80 bits per heavy atom. The van der Waals surface area contributed by atoms with E-state index in [1.54, 1.807) is 0 Å². The molecule has 0 bridgehead atoms. The van der Waals surface area contributed by atoms with Gasteiger partial charge in [0, 0.05) is 25.4 Å².